The first-order valence-electron chi connectivity index (χ1n) is 6.82. The lowest BCUT2D eigenvalue weighted by Crippen LogP contribution is -2.43. The van der Waals surface area contributed by atoms with E-state index < -0.39 is 23.5 Å². The van der Waals surface area contributed by atoms with Gasteiger partial charge in [0, 0.05) is 12.8 Å². The fourth-order valence-electron chi connectivity index (χ4n) is 2.72. The largest absolute Gasteiger partial charge is 0.456 e. The van der Waals surface area contributed by atoms with Gasteiger partial charge < -0.3 is 9.47 Å². The molecule has 1 spiro atoms. The van der Waals surface area contributed by atoms with Crippen molar-refractivity contribution in [2.75, 3.05) is 0 Å². The highest BCUT2D eigenvalue weighted by atomic mass is 19.2. The molecule has 1 saturated carbocycles. The van der Waals surface area contributed by atoms with Gasteiger partial charge in [0.15, 0.2) is 11.6 Å². The molecule has 1 aromatic heterocycles. The van der Waals surface area contributed by atoms with E-state index in [4.69, 9.17) is 9.47 Å². The average Bonchev–Trinajstić information content (AvgIpc) is 2.42. The summed E-state index contributed by atoms with van der Waals surface area (Å²) in [7, 11) is 0. The molecule has 0 atom stereocenters. The van der Waals surface area contributed by atoms with Gasteiger partial charge >= 0.3 is 5.97 Å². The van der Waals surface area contributed by atoms with E-state index in [9.17, 15) is 13.6 Å². The smallest absolute Gasteiger partial charge is 0.348 e. The Morgan fingerprint density at radius 1 is 1.19 bits per heavy atom. The molecule has 5 nitrogen and oxygen atoms in total. The Morgan fingerprint density at radius 2 is 1.90 bits per heavy atom. The lowest BCUT2D eigenvalue weighted by Gasteiger charge is -2.40. The van der Waals surface area contributed by atoms with E-state index in [0.717, 1.165) is 19.3 Å². The van der Waals surface area contributed by atoms with Crippen molar-refractivity contribution in [3.05, 3.63) is 29.5 Å². The van der Waals surface area contributed by atoms with Gasteiger partial charge in [-0.1, -0.05) is 6.42 Å². The summed E-state index contributed by atoms with van der Waals surface area (Å²) in [4.78, 5) is 19.2. The summed E-state index contributed by atoms with van der Waals surface area (Å²) in [6.45, 7) is 1.58. The number of carbonyl (C=O) groups excluding carboxylic acids is 1. The Balaban J connectivity index is 1.96. The van der Waals surface area contributed by atoms with E-state index in [1.165, 1.54) is 0 Å². The SMILES string of the molecule is CC1=C(c2ncc(F)c(F)n2)C(=O)OC2(CCCCC2)O1. The predicted octanol–water partition coefficient (Wildman–Crippen LogP) is 2.72. The second kappa shape index (κ2) is 5.05. The zero-order valence-electron chi connectivity index (χ0n) is 11.5. The quantitative estimate of drug-likeness (QED) is 0.589. The van der Waals surface area contributed by atoms with Crippen LogP contribution in [0.5, 0.6) is 0 Å². The Hall–Kier alpha value is -2.05. The number of hydrogen-bond acceptors (Lipinski definition) is 5. The maximum atomic E-state index is 13.2. The summed E-state index contributed by atoms with van der Waals surface area (Å²) in [6.07, 6.45) is 4.83. The molecule has 3 rings (SSSR count). The monoisotopic (exact) mass is 296 g/mol. The molecule has 2 aliphatic rings. The molecule has 0 N–H and O–H groups in total. The molecular formula is C14H14F2N2O3. The maximum absolute atomic E-state index is 13.2. The molecule has 21 heavy (non-hydrogen) atoms. The van der Waals surface area contributed by atoms with E-state index >= 15 is 0 Å². The van der Waals surface area contributed by atoms with Crippen LogP contribution in [0.1, 0.15) is 44.9 Å². The fourth-order valence-corrected chi connectivity index (χ4v) is 2.72. The third-order valence-electron chi connectivity index (χ3n) is 3.71. The number of carbonyl (C=O) groups is 1. The molecule has 1 aliphatic heterocycles. The molecule has 7 heteroatoms. The van der Waals surface area contributed by atoms with Crippen LogP contribution in [0.3, 0.4) is 0 Å². The van der Waals surface area contributed by atoms with Gasteiger partial charge in [0.25, 0.3) is 11.7 Å². The summed E-state index contributed by atoms with van der Waals surface area (Å²) >= 11 is 0. The molecular weight excluding hydrogens is 282 g/mol. The Labute approximate surface area is 120 Å². The van der Waals surface area contributed by atoms with E-state index in [2.05, 4.69) is 9.97 Å². The van der Waals surface area contributed by atoms with Crippen molar-refractivity contribution in [2.45, 2.75) is 44.8 Å². The number of rotatable bonds is 1. The van der Waals surface area contributed by atoms with Crippen LogP contribution in [-0.4, -0.2) is 21.7 Å². The van der Waals surface area contributed by atoms with Crippen molar-refractivity contribution < 1.29 is 23.0 Å². The summed E-state index contributed by atoms with van der Waals surface area (Å²) in [5.74, 6) is -4.04. The minimum absolute atomic E-state index is 0.0647. The maximum Gasteiger partial charge on any atom is 0.348 e. The van der Waals surface area contributed by atoms with Gasteiger partial charge in [-0.3, -0.25) is 0 Å². The lowest BCUT2D eigenvalue weighted by molar-refractivity contribution is -0.230. The minimum Gasteiger partial charge on any atom is -0.456 e. The van der Waals surface area contributed by atoms with Crippen molar-refractivity contribution in [1.29, 1.82) is 0 Å². The number of halogens is 2. The minimum atomic E-state index is -1.31. The molecule has 1 aromatic rings. The zero-order valence-corrected chi connectivity index (χ0v) is 11.5. The number of nitrogens with zero attached hydrogens (tertiary/aromatic N) is 2. The molecule has 0 unspecified atom stereocenters. The molecule has 1 fully saturated rings. The highest BCUT2D eigenvalue weighted by Crippen LogP contribution is 2.40. The molecule has 1 aliphatic carbocycles. The van der Waals surface area contributed by atoms with Gasteiger partial charge in [0.05, 0.1) is 6.20 Å². The first-order chi connectivity index (χ1) is 10.0. The van der Waals surface area contributed by atoms with Gasteiger partial charge in [0.1, 0.15) is 11.3 Å². The third kappa shape index (κ3) is 2.48. The lowest BCUT2D eigenvalue weighted by atomic mass is 9.93. The van der Waals surface area contributed by atoms with Crippen molar-refractivity contribution in [1.82, 2.24) is 9.97 Å². The molecule has 2 heterocycles. The Kier molecular flexibility index (Phi) is 3.35. The van der Waals surface area contributed by atoms with Crippen LogP contribution in [0, 0.1) is 11.8 Å². The summed E-state index contributed by atoms with van der Waals surface area (Å²) in [5.41, 5.74) is -0.0647. The summed E-state index contributed by atoms with van der Waals surface area (Å²) < 4.78 is 37.2. The first-order valence-corrected chi connectivity index (χ1v) is 6.82. The highest BCUT2D eigenvalue weighted by Gasteiger charge is 2.44. The number of hydrogen-bond donors (Lipinski definition) is 0. The number of allylic oxidation sites excluding steroid dienone is 1. The zero-order chi connectivity index (χ0) is 15.0. The van der Waals surface area contributed by atoms with Gasteiger partial charge in [0.2, 0.25) is 0 Å². The topological polar surface area (TPSA) is 61.3 Å². The molecule has 0 aromatic carbocycles. The number of aromatic nitrogens is 2. The van der Waals surface area contributed by atoms with Crippen LogP contribution in [0.25, 0.3) is 5.57 Å². The van der Waals surface area contributed by atoms with Crippen LogP contribution in [-0.2, 0) is 14.3 Å². The summed E-state index contributed by atoms with van der Waals surface area (Å²) in [5, 5.41) is 0. The first kappa shape index (κ1) is 13.9. The Bertz CT molecular complexity index is 625. The van der Waals surface area contributed by atoms with Crippen LogP contribution in [0.15, 0.2) is 12.0 Å². The van der Waals surface area contributed by atoms with E-state index in [-0.39, 0.29) is 17.2 Å². The van der Waals surface area contributed by atoms with Crippen LogP contribution in [0.2, 0.25) is 0 Å². The van der Waals surface area contributed by atoms with E-state index in [1.54, 1.807) is 6.92 Å². The number of ether oxygens (including phenoxy) is 2. The second-order valence-corrected chi connectivity index (χ2v) is 5.23. The predicted molar refractivity (Wildman–Crippen MR) is 67.5 cm³/mol. The molecule has 0 saturated heterocycles. The van der Waals surface area contributed by atoms with E-state index in [0.29, 0.717) is 19.0 Å². The van der Waals surface area contributed by atoms with Gasteiger partial charge in [-0.05, 0) is 19.8 Å². The van der Waals surface area contributed by atoms with Gasteiger partial charge in [-0.15, -0.1) is 0 Å². The standard InChI is InChI=1S/C14H14F2N2O3/c1-8-10(12-17-7-9(15)11(16)18-12)13(19)21-14(20-8)5-3-2-4-6-14/h7H,2-6H2,1H3. The molecule has 0 amide bonds. The van der Waals surface area contributed by atoms with E-state index in [1.807, 2.05) is 0 Å². The number of esters is 1. The highest BCUT2D eigenvalue weighted by molar-refractivity contribution is 6.16. The van der Waals surface area contributed by atoms with Crippen LogP contribution >= 0.6 is 0 Å². The van der Waals surface area contributed by atoms with Crippen molar-refractivity contribution >= 4 is 11.5 Å². The van der Waals surface area contributed by atoms with Gasteiger partial charge in [-0.25, -0.2) is 14.2 Å². The molecule has 0 bridgehead atoms. The summed E-state index contributed by atoms with van der Waals surface area (Å²) in [6, 6.07) is 0. The molecule has 112 valence electrons. The van der Waals surface area contributed by atoms with Crippen LogP contribution in [0.4, 0.5) is 8.78 Å². The van der Waals surface area contributed by atoms with Crippen molar-refractivity contribution in [3.8, 4) is 0 Å². The van der Waals surface area contributed by atoms with Gasteiger partial charge in [-0.2, -0.15) is 9.37 Å². The third-order valence-corrected chi connectivity index (χ3v) is 3.71. The fraction of sp³-hybridized carbons (Fsp3) is 0.500. The second-order valence-electron chi connectivity index (χ2n) is 5.23. The van der Waals surface area contributed by atoms with Crippen LogP contribution < -0.4 is 0 Å². The normalized spacial score (nSPS) is 21.2. The molecule has 0 radical (unpaired) electrons. The van der Waals surface area contributed by atoms with Crippen molar-refractivity contribution in [3.63, 3.8) is 0 Å². The average molecular weight is 296 g/mol. The van der Waals surface area contributed by atoms with Crippen molar-refractivity contribution in [2.24, 2.45) is 0 Å². The Morgan fingerprint density at radius 3 is 2.52 bits per heavy atom.